The molecule has 0 aliphatic heterocycles. The first-order chi connectivity index (χ1) is 16.2. The van der Waals surface area contributed by atoms with E-state index in [1.165, 1.54) is 4.90 Å². The molecule has 0 bridgehead atoms. The van der Waals surface area contributed by atoms with Gasteiger partial charge in [-0.1, -0.05) is 70.2 Å². The Hall–Kier alpha value is -2.87. The van der Waals surface area contributed by atoms with Gasteiger partial charge >= 0.3 is 0 Å². The topological polar surface area (TPSA) is 86.8 Å². The molecule has 0 saturated heterocycles. The second-order valence-electron chi connectivity index (χ2n) is 10.1. The Kier molecular flexibility index (Phi) is 9.49. The summed E-state index contributed by atoms with van der Waals surface area (Å²) in [5.74, 6) is -0.727. The maximum atomic E-state index is 13.5. The lowest BCUT2D eigenvalue weighted by Crippen LogP contribution is -2.52. The normalized spacial score (nSPS) is 13.6. The van der Waals surface area contributed by atoms with Crippen LogP contribution in [-0.2, 0) is 31.6 Å². The van der Waals surface area contributed by atoms with E-state index in [9.17, 15) is 18.0 Å². The van der Waals surface area contributed by atoms with Crippen molar-refractivity contribution in [3.05, 3.63) is 65.7 Å². The van der Waals surface area contributed by atoms with Gasteiger partial charge in [0.05, 0.1) is 11.9 Å². The van der Waals surface area contributed by atoms with Crippen molar-refractivity contribution in [2.24, 2.45) is 0 Å². The van der Waals surface area contributed by atoms with Crippen molar-refractivity contribution in [1.29, 1.82) is 0 Å². The number of sulfonamides is 1. The molecule has 8 heteroatoms. The third-order valence-electron chi connectivity index (χ3n) is 6.06. The van der Waals surface area contributed by atoms with Crippen molar-refractivity contribution in [1.82, 2.24) is 10.2 Å². The molecule has 2 atom stereocenters. The molecule has 0 aromatic heterocycles. The number of nitrogens with zero attached hydrogens (tertiary/aromatic N) is 2. The Morgan fingerprint density at radius 3 is 2.03 bits per heavy atom. The molecular formula is C27H39N3O4S. The maximum absolute atomic E-state index is 13.5. The standard InChI is InChI=1S/C27H39N3O4S/c1-8-20(2)28-26(32)21(3)29(18-22-12-10-9-11-13-22)25(31)19-30(35(7,33)34)24-16-14-23(15-17-24)27(4,5)6/h9-17,20-21H,8,18-19H2,1-7H3,(H,28,32)/t20-,21+/m0/s1. The van der Waals surface area contributed by atoms with Crippen molar-refractivity contribution < 1.29 is 18.0 Å². The number of hydrogen-bond acceptors (Lipinski definition) is 4. The molecule has 0 aliphatic rings. The highest BCUT2D eigenvalue weighted by Crippen LogP contribution is 2.26. The van der Waals surface area contributed by atoms with Gasteiger partial charge in [0.25, 0.3) is 0 Å². The van der Waals surface area contributed by atoms with E-state index >= 15 is 0 Å². The van der Waals surface area contributed by atoms with Crippen LogP contribution >= 0.6 is 0 Å². The summed E-state index contributed by atoms with van der Waals surface area (Å²) in [5, 5.41) is 2.92. The van der Waals surface area contributed by atoms with Crippen LogP contribution in [0.2, 0.25) is 0 Å². The molecule has 0 unspecified atom stereocenters. The van der Waals surface area contributed by atoms with E-state index in [0.29, 0.717) is 5.69 Å². The summed E-state index contributed by atoms with van der Waals surface area (Å²) in [6.07, 6.45) is 1.84. The first kappa shape index (κ1) is 28.4. The summed E-state index contributed by atoms with van der Waals surface area (Å²) in [7, 11) is -3.75. The van der Waals surface area contributed by atoms with Gasteiger partial charge in [0, 0.05) is 12.6 Å². The van der Waals surface area contributed by atoms with Crippen molar-refractivity contribution >= 4 is 27.5 Å². The zero-order valence-corrected chi connectivity index (χ0v) is 22.7. The maximum Gasteiger partial charge on any atom is 0.244 e. The molecule has 0 fully saturated rings. The lowest BCUT2D eigenvalue weighted by atomic mass is 9.87. The Bertz CT molecular complexity index is 1090. The third kappa shape index (κ3) is 8.09. The van der Waals surface area contributed by atoms with Crippen LogP contribution in [-0.4, -0.2) is 50.0 Å². The Balaban J connectivity index is 2.37. The average molecular weight is 502 g/mol. The van der Waals surface area contributed by atoms with E-state index in [0.717, 1.165) is 28.1 Å². The molecule has 2 amide bonds. The molecule has 0 spiro atoms. The molecule has 1 N–H and O–H groups in total. The van der Waals surface area contributed by atoms with E-state index in [1.54, 1.807) is 19.1 Å². The number of anilines is 1. The van der Waals surface area contributed by atoms with Gasteiger partial charge in [-0.25, -0.2) is 8.42 Å². The largest absolute Gasteiger partial charge is 0.352 e. The summed E-state index contributed by atoms with van der Waals surface area (Å²) in [5.41, 5.74) is 2.23. The summed E-state index contributed by atoms with van der Waals surface area (Å²) in [4.78, 5) is 27.9. The number of carbonyl (C=O) groups excluding carboxylic acids is 2. The lowest BCUT2D eigenvalue weighted by molar-refractivity contribution is -0.139. The molecule has 0 saturated carbocycles. The van der Waals surface area contributed by atoms with E-state index in [-0.39, 0.29) is 23.9 Å². The summed E-state index contributed by atoms with van der Waals surface area (Å²) in [6, 6.07) is 15.7. The molecule has 7 nitrogen and oxygen atoms in total. The molecule has 0 radical (unpaired) electrons. The van der Waals surface area contributed by atoms with Crippen LogP contribution in [0.25, 0.3) is 0 Å². The average Bonchev–Trinajstić information content (AvgIpc) is 2.79. The van der Waals surface area contributed by atoms with Gasteiger partial charge in [0.2, 0.25) is 21.8 Å². The minimum atomic E-state index is -3.75. The van der Waals surface area contributed by atoms with Gasteiger partial charge in [-0.15, -0.1) is 0 Å². The minimum Gasteiger partial charge on any atom is -0.352 e. The van der Waals surface area contributed by atoms with Crippen LogP contribution in [0.4, 0.5) is 5.69 Å². The summed E-state index contributed by atoms with van der Waals surface area (Å²) in [6.45, 7) is 11.6. The minimum absolute atomic E-state index is 0.0347. The van der Waals surface area contributed by atoms with E-state index in [1.807, 2.05) is 56.3 Å². The number of benzene rings is 2. The molecule has 2 aromatic carbocycles. The molecule has 192 valence electrons. The van der Waals surface area contributed by atoms with Crippen LogP contribution in [0.15, 0.2) is 54.6 Å². The van der Waals surface area contributed by atoms with Gasteiger partial charge in [0.15, 0.2) is 0 Å². The highest BCUT2D eigenvalue weighted by molar-refractivity contribution is 7.92. The van der Waals surface area contributed by atoms with Crippen LogP contribution in [0.5, 0.6) is 0 Å². The van der Waals surface area contributed by atoms with Gasteiger partial charge in [-0.3, -0.25) is 13.9 Å². The van der Waals surface area contributed by atoms with Crippen LogP contribution in [0.3, 0.4) is 0 Å². The second-order valence-corrected chi connectivity index (χ2v) is 12.0. The number of rotatable bonds is 10. The number of carbonyl (C=O) groups is 2. The fourth-order valence-corrected chi connectivity index (χ4v) is 4.42. The third-order valence-corrected chi connectivity index (χ3v) is 7.21. The zero-order valence-electron chi connectivity index (χ0n) is 21.9. The summed E-state index contributed by atoms with van der Waals surface area (Å²) < 4.78 is 26.5. The van der Waals surface area contributed by atoms with Crippen LogP contribution in [0, 0.1) is 0 Å². The monoisotopic (exact) mass is 501 g/mol. The summed E-state index contributed by atoms with van der Waals surface area (Å²) >= 11 is 0. The highest BCUT2D eigenvalue weighted by Gasteiger charge is 2.30. The molecule has 35 heavy (non-hydrogen) atoms. The predicted octanol–water partition coefficient (Wildman–Crippen LogP) is 4.08. The highest BCUT2D eigenvalue weighted by atomic mass is 32.2. The number of hydrogen-bond donors (Lipinski definition) is 1. The van der Waals surface area contributed by atoms with Crippen molar-refractivity contribution in [3.63, 3.8) is 0 Å². The smallest absolute Gasteiger partial charge is 0.244 e. The first-order valence-electron chi connectivity index (χ1n) is 12.0. The molecule has 2 aromatic rings. The quantitative estimate of drug-likeness (QED) is 0.531. The Morgan fingerprint density at radius 1 is 0.971 bits per heavy atom. The molecule has 0 aliphatic carbocycles. The van der Waals surface area contributed by atoms with Crippen molar-refractivity contribution in [2.75, 3.05) is 17.1 Å². The predicted molar refractivity (Wildman–Crippen MR) is 142 cm³/mol. The fourth-order valence-electron chi connectivity index (χ4n) is 3.57. The second kappa shape index (κ2) is 11.7. The zero-order chi connectivity index (χ0) is 26.4. The van der Waals surface area contributed by atoms with Gasteiger partial charge in [-0.05, 0) is 48.9 Å². The van der Waals surface area contributed by atoms with Crippen molar-refractivity contribution in [3.8, 4) is 0 Å². The van der Waals surface area contributed by atoms with E-state index in [2.05, 4.69) is 26.1 Å². The van der Waals surface area contributed by atoms with Crippen LogP contribution < -0.4 is 9.62 Å². The molecule has 2 rings (SSSR count). The number of nitrogens with one attached hydrogen (secondary N) is 1. The lowest BCUT2D eigenvalue weighted by Gasteiger charge is -2.32. The Labute approximate surface area is 210 Å². The first-order valence-corrected chi connectivity index (χ1v) is 13.8. The number of amides is 2. The van der Waals surface area contributed by atoms with Crippen molar-refractivity contribution in [2.45, 2.75) is 72.0 Å². The van der Waals surface area contributed by atoms with Gasteiger partial charge < -0.3 is 10.2 Å². The van der Waals surface area contributed by atoms with Gasteiger partial charge in [0.1, 0.15) is 12.6 Å². The van der Waals surface area contributed by atoms with E-state index in [4.69, 9.17) is 0 Å². The Morgan fingerprint density at radius 2 is 1.54 bits per heavy atom. The molecule has 0 heterocycles. The van der Waals surface area contributed by atoms with E-state index < -0.39 is 28.5 Å². The SMILES string of the molecule is CC[C@H](C)NC(=O)[C@@H](C)N(Cc1ccccc1)C(=O)CN(c1ccc(C(C)(C)C)cc1)S(C)(=O)=O. The fraction of sp³-hybridized carbons (Fsp3) is 0.481. The van der Waals surface area contributed by atoms with Gasteiger partial charge in [-0.2, -0.15) is 0 Å². The molecular weight excluding hydrogens is 462 g/mol. The van der Waals surface area contributed by atoms with Crippen LogP contribution in [0.1, 0.15) is 59.1 Å².